The standard InChI is InChI=1S/C15H31N3O2/c1-3-5-6-7-8-9-10-11-12-17-15(19)13(4-2)14(16)18-20/h13,20H,3-12H2,1-2H3,(H2,16,18)(H,17,19). The van der Waals surface area contributed by atoms with Crippen molar-refractivity contribution < 1.29 is 10.0 Å². The second kappa shape index (κ2) is 12.8. The van der Waals surface area contributed by atoms with Gasteiger partial charge in [-0.25, -0.2) is 0 Å². The summed E-state index contributed by atoms with van der Waals surface area (Å²) in [5.41, 5.74) is 5.48. The van der Waals surface area contributed by atoms with Crippen LogP contribution in [0.2, 0.25) is 0 Å². The number of oxime groups is 1. The van der Waals surface area contributed by atoms with Crippen LogP contribution >= 0.6 is 0 Å². The van der Waals surface area contributed by atoms with E-state index in [1.165, 1.54) is 38.5 Å². The Hall–Kier alpha value is -1.26. The summed E-state index contributed by atoms with van der Waals surface area (Å²) in [6.07, 6.45) is 10.5. The highest BCUT2D eigenvalue weighted by Crippen LogP contribution is 2.08. The molecule has 20 heavy (non-hydrogen) atoms. The van der Waals surface area contributed by atoms with E-state index in [2.05, 4.69) is 17.4 Å². The summed E-state index contributed by atoms with van der Waals surface area (Å²) < 4.78 is 0. The molecule has 118 valence electrons. The number of hydrogen-bond donors (Lipinski definition) is 3. The Kier molecular flexibility index (Phi) is 12.0. The zero-order valence-corrected chi connectivity index (χ0v) is 13.0. The molecular weight excluding hydrogens is 254 g/mol. The van der Waals surface area contributed by atoms with Crippen molar-refractivity contribution >= 4 is 11.7 Å². The molecule has 0 saturated carbocycles. The SMILES string of the molecule is CCCCCCCCCCNC(=O)C(CC)C(N)=NO. The zero-order chi connectivity index (χ0) is 15.2. The number of nitrogens with one attached hydrogen (secondary N) is 1. The molecule has 0 rings (SSSR count). The number of rotatable bonds is 12. The first-order valence-electron chi connectivity index (χ1n) is 7.92. The minimum atomic E-state index is -0.519. The molecule has 0 aliphatic carbocycles. The molecule has 0 spiro atoms. The van der Waals surface area contributed by atoms with Crippen molar-refractivity contribution in [2.75, 3.05) is 6.54 Å². The van der Waals surface area contributed by atoms with Crippen LogP contribution in [0.3, 0.4) is 0 Å². The quantitative estimate of drug-likeness (QED) is 0.169. The first-order chi connectivity index (χ1) is 9.67. The predicted molar refractivity (Wildman–Crippen MR) is 82.8 cm³/mol. The molecule has 0 fully saturated rings. The van der Waals surface area contributed by atoms with Gasteiger partial charge in [-0.3, -0.25) is 4.79 Å². The zero-order valence-electron chi connectivity index (χ0n) is 13.0. The van der Waals surface area contributed by atoms with Gasteiger partial charge in [-0.1, -0.05) is 63.9 Å². The lowest BCUT2D eigenvalue weighted by atomic mass is 10.0. The summed E-state index contributed by atoms with van der Waals surface area (Å²) in [5.74, 6) is -0.680. The molecule has 0 aromatic carbocycles. The molecule has 0 aliphatic heterocycles. The third kappa shape index (κ3) is 8.77. The van der Waals surface area contributed by atoms with Crippen LogP contribution in [0.15, 0.2) is 5.16 Å². The molecule has 5 nitrogen and oxygen atoms in total. The van der Waals surface area contributed by atoms with Crippen LogP contribution in [0.4, 0.5) is 0 Å². The van der Waals surface area contributed by atoms with Gasteiger partial charge in [-0.05, 0) is 12.8 Å². The van der Waals surface area contributed by atoms with E-state index in [-0.39, 0.29) is 11.7 Å². The van der Waals surface area contributed by atoms with E-state index in [1.807, 2.05) is 6.92 Å². The molecule has 0 aliphatic rings. The van der Waals surface area contributed by atoms with Crippen LogP contribution in [0.5, 0.6) is 0 Å². The first-order valence-corrected chi connectivity index (χ1v) is 7.92. The van der Waals surface area contributed by atoms with Gasteiger partial charge in [0.1, 0.15) is 0 Å². The van der Waals surface area contributed by atoms with Crippen molar-refractivity contribution in [2.24, 2.45) is 16.8 Å². The molecule has 0 saturated heterocycles. The topological polar surface area (TPSA) is 87.7 Å². The fourth-order valence-electron chi connectivity index (χ4n) is 2.19. The third-order valence-corrected chi connectivity index (χ3v) is 3.53. The van der Waals surface area contributed by atoms with Crippen LogP contribution < -0.4 is 11.1 Å². The molecule has 1 amide bonds. The van der Waals surface area contributed by atoms with Crippen molar-refractivity contribution in [3.63, 3.8) is 0 Å². The molecule has 1 atom stereocenters. The molecule has 1 unspecified atom stereocenters. The molecular formula is C15H31N3O2. The average molecular weight is 285 g/mol. The van der Waals surface area contributed by atoms with Crippen LogP contribution in [-0.4, -0.2) is 23.5 Å². The fourth-order valence-corrected chi connectivity index (χ4v) is 2.19. The van der Waals surface area contributed by atoms with Crippen molar-refractivity contribution in [1.82, 2.24) is 5.32 Å². The van der Waals surface area contributed by atoms with E-state index < -0.39 is 5.92 Å². The fraction of sp³-hybridized carbons (Fsp3) is 0.867. The Labute approximate surface area is 123 Å². The Morgan fingerprint density at radius 2 is 1.65 bits per heavy atom. The first kappa shape index (κ1) is 18.7. The van der Waals surface area contributed by atoms with Gasteiger partial charge in [0.15, 0.2) is 5.84 Å². The van der Waals surface area contributed by atoms with E-state index in [4.69, 9.17) is 10.9 Å². The van der Waals surface area contributed by atoms with Gasteiger partial charge in [0.05, 0.1) is 5.92 Å². The summed E-state index contributed by atoms with van der Waals surface area (Å²) in [7, 11) is 0. The maximum Gasteiger partial charge on any atom is 0.230 e. The van der Waals surface area contributed by atoms with Gasteiger partial charge in [0.25, 0.3) is 0 Å². The predicted octanol–water partition coefficient (Wildman–Crippen LogP) is 3.02. The minimum absolute atomic E-state index is 0.0130. The lowest BCUT2D eigenvalue weighted by molar-refractivity contribution is -0.123. The Morgan fingerprint density at radius 1 is 1.10 bits per heavy atom. The Bertz CT molecular complexity index is 280. The summed E-state index contributed by atoms with van der Waals surface area (Å²) in [6, 6.07) is 0. The minimum Gasteiger partial charge on any atom is -0.409 e. The van der Waals surface area contributed by atoms with Crippen molar-refractivity contribution in [3.05, 3.63) is 0 Å². The second-order valence-electron chi connectivity index (χ2n) is 5.25. The van der Waals surface area contributed by atoms with Gasteiger partial charge in [-0.2, -0.15) is 0 Å². The van der Waals surface area contributed by atoms with Gasteiger partial charge < -0.3 is 16.3 Å². The van der Waals surface area contributed by atoms with Crippen molar-refractivity contribution in [1.29, 1.82) is 0 Å². The number of unbranched alkanes of at least 4 members (excludes halogenated alkanes) is 7. The summed E-state index contributed by atoms with van der Waals surface area (Å²) in [4.78, 5) is 11.8. The smallest absolute Gasteiger partial charge is 0.230 e. The molecule has 0 bridgehead atoms. The highest BCUT2D eigenvalue weighted by molar-refractivity contribution is 6.01. The average Bonchev–Trinajstić information content (AvgIpc) is 2.46. The monoisotopic (exact) mass is 285 g/mol. The summed E-state index contributed by atoms with van der Waals surface area (Å²) in [5, 5.41) is 14.4. The normalized spacial score (nSPS) is 13.2. The van der Waals surface area contributed by atoms with Gasteiger partial charge in [0, 0.05) is 6.54 Å². The van der Waals surface area contributed by atoms with Crippen LogP contribution in [-0.2, 0) is 4.79 Å². The number of hydrogen-bond acceptors (Lipinski definition) is 3. The number of carbonyl (C=O) groups is 1. The second-order valence-corrected chi connectivity index (χ2v) is 5.25. The molecule has 0 heterocycles. The maximum atomic E-state index is 11.8. The Balaban J connectivity index is 3.57. The van der Waals surface area contributed by atoms with E-state index >= 15 is 0 Å². The van der Waals surface area contributed by atoms with Gasteiger partial charge in [-0.15, -0.1) is 0 Å². The van der Waals surface area contributed by atoms with Gasteiger partial charge in [0.2, 0.25) is 5.91 Å². The number of amidine groups is 1. The Morgan fingerprint density at radius 3 is 2.15 bits per heavy atom. The van der Waals surface area contributed by atoms with E-state index in [1.54, 1.807) is 0 Å². The van der Waals surface area contributed by atoms with E-state index in [0.717, 1.165) is 12.8 Å². The lowest BCUT2D eigenvalue weighted by Crippen LogP contribution is -2.38. The molecule has 5 heteroatoms. The van der Waals surface area contributed by atoms with Gasteiger partial charge >= 0.3 is 0 Å². The highest BCUT2D eigenvalue weighted by atomic mass is 16.4. The molecule has 0 aromatic heterocycles. The lowest BCUT2D eigenvalue weighted by Gasteiger charge is -2.13. The van der Waals surface area contributed by atoms with Crippen LogP contribution in [0.1, 0.15) is 71.6 Å². The largest absolute Gasteiger partial charge is 0.409 e. The number of carbonyl (C=O) groups excluding carboxylic acids is 1. The van der Waals surface area contributed by atoms with Crippen molar-refractivity contribution in [2.45, 2.75) is 71.6 Å². The maximum absolute atomic E-state index is 11.8. The number of amides is 1. The molecule has 4 N–H and O–H groups in total. The van der Waals surface area contributed by atoms with E-state index in [0.29, 0.717) is 13.0 Å². The molecule has 0 aromatic rings. The molecule has 0 radical (unpaired) electrons. The van der Waals surface area contributed by atoms with Crippen LogP contribution in [0.25, 0.3) is 0 Å². The van der Waals surface area contributed by atoms with Crippen molar-refractivity contribution in [3.8, 4) is 0 Å². The number of nitrogens with zero attached hydrogens (tertiary/aromatic N) is 1. The third-order valence-electron chi connectivity index (χ3n) is 3.53. The highest BCUT2D eigenvalue weighted by Gasteiger charge is 2.20. The number of nitrogens with two attached hydrogens (primary N) is 1. The summed E-state index contributed by atoms with van der Waals surface area (Å²) >= 11 is 0. The van der Waals surface area contributed by atoms with E-state index in [9.17, 15) is 4.79 Å². The summed E-state index contributed by atoms with van der Waals surface area (Å²) in [6.45, 7) is 4.74. The van der Waals surface area contributed by atoms with Crippen LogP contribution in [0, 0.1) is 5.92 Å².